The van der Waals surface area contributed by atoms with Crippen LogP contribution >= 0.6 is 0 Å². The van der Waals surface area contributed by atoms with Gasteiger partial charge in [0.25, 0.3) is 0 Å². The zero-order chi connectivity index (χ0) is 16.3. The van der Waals surface area contributed by atoms with Gasteiger partial charge < -0.3 is 15.2 Å². The minimum Gasteiger partial charge on any atom is -0.481 e. The molecule has 2 aliphatic rings. The number of hydrogen-bond acceptors (Lipinski definition) is 3. The number of benzene rings is 1. The van der Waals surface area contributed by atoms with Crippen LogP contribution in [0.1, 0.15) is 50.2 Å². The number of hydrogen-bond donors (Lipinski definition) is 2. The molecule has 4 nitrogen and oxygen atoms in total. The fourth-order valence-corrected chi connectivity index (χ4v) is 4.03. The van der Waals surface area contributed by atoms with Crippen LogP contribution in [0.4, 0.5) is 0 Å². The number of ether oxygens (including phenoxy) is 1. The molecule has 0 spiro atoms. The molecule has 1 unspecified atom stereocenters. The Balaban J connectivity index is 1.64. The molecule has 1 aromatic carbocycles. The molecule has 1 saturated carbocycles. The highest BCUT2D eigenvalue weighted by atomic mass is 16.5. The Kier molecular flexibility index (Phi) is 5.02. The third kappa shape index (κ3) is 3.43. The summed E-state index contributed by atoms with van der Waals surface area (Å²) in [6.07, 6.45) is 5.38. The van der Waals surface area contributed by atoms with E-state index in [1.807, 2.05) is 0 Å². The SMILES string of the molecule is CCC1(CNC2CCC(C(=O)O)CC2)OCCc2ccccc21. The number of fused-ring (bicyclic) bond motifs is 1. The fraction of sp³-hybridized carbons (Fsp3) is 0.632. The monoisotopic (exact) mass is 317 g/mol. The van der Waals surface area contributed by atoms with E-state index >= 15 is 0 Å². The van der Waals surface area contributed by atoms with Crippen LogP contribution in [0.5, 0.6) is 0 Å². The van der Waals surface area contributed by atoms with Gasteiger partial charge in [0.15, 0.2) is 0 Å². The van der Waals surface area contributed by atoms with Crippen LogP contribution < -0.4 is 5.32 Å². The molecule has 0 saturated heterocycles. The Morgan fingerprint density at radius 2 is 2.04 bits per heavy atom. The van der Waals surface area contributed by atoms with E-state index in [4.69, 9.17) is 9.84 Å². The Morgan fingerprint density at radius 1 is 1.30 bits per heavy atom. The third-order valence-corrected chi connectivity index (χ3v) is 5.58. The van der Waals surface area contributed by atoms with Crippen LogP contribution in [-0.4, -0.2) is 30.3 Å². The molecule has 2 N–H and O–H groups in total. The predicted octanol–water partition coefficient (Wildman–Crippen LogP) is 3.10. The number of nitrogens with one attached hydrogen (secondary N) is 1. The number of rotatable bonds is 5. The van der Waals surface area contributed by atoms with Gasteiger partial charge in [0, 0.05) is 12.6 Å². The van der Waals surface area contributed by atoms with Crippen LogP contribution in [0, 0.1) is 5.92 Å². The largest absolute Gasteiger partial charge is 0.481 e. The molecule has 126 valence electrons. The molecule has 0 radical (unpaired) electrons. The molecule has 3 rings (SSSR count). The lowest BCUT2D eigenvalue weighted by atomic mass is 9.82. The third-order valence-electron chi connectivity index (χ3n) is 5.58. The van der Waals surface area contributed by atoms with Crippen molar-refractivity contribution in [2.75, 3.05) is 13.2 Å². The molecule has 1 aliphatic heterocycles. The van der Waals surface area contributed by atoms with Crippen LogP contribution in [0.15, 0.2) is 24.3 Å². The summed E-state index contributed by atoms with van der Waals surface area (Å²) in [6.45, 7) is 3.77. The predicted molar refractivity (Wildman–Crippen MR) is 89.5 cm³/mol. The molecule has 1 aliphatic carbocycles. The van der Waals surface area contributed by atoms with Crippen molar-refractivity contribution in [3.05, 3.63) is 35.4 Å². The Hall–Kier alpha value is -1.39. The van der Waals surface area contributed by atoms with Crippen molar-refractivity contribution in [3.63, 3.8) is 0 Å². The number of carbonyl (C=O) groups is 1. The topological polar surface area (TPSA) is 58.6 Å². The Labute approximate surface area is 138 Å². The average Bonchev–Trinajstić information content (AvgIpc) is 2.60. The van der Waals surface area contributed by atoms with Crippen molar-refractivity contribution in [2.45, 2.75) is 57.1 Å². The van der Waals surface area contributed by atoms with Gasteiger partial charge in [-0.15, -0.1) is 0 Å². The molecular weight excluding hydrogens is 290 g/mol. The van der Waals surface area contributed by atoms with Gasteiger partial charge in [0.1, 0.15) is 5.60 Å². The van der Waals surface area contributed by atoms with Crippen LogP contribution in [0.2, 0.25) is 0 Å². The van der Waals surface area contributed by atoms with Crippen molar-refractivity contribution in [3.8, 4) is 0 Å². The molecule has 23 heavy (non-hydrogen) atoms. The van der Waals surface area contributed by atoms with Gasteiger partial charge in [-0.25, -0.2) is 0 Å². The highest BCUT2D eigenvalue weighted by Gasteiger charge is 2.37. The minimum absolute atomic E-state index is 0.153. The second kappa shape index (κ2) is 7.02. The van der Waals surface area contributed by atoms with E-state index in [9.17, 15) is 4.79 Å². The molecule has 1 aromatic rings. The maximum Gasteiger partial charge on any atom is 0.306 e. The first-order valence-electron chi connectivity index (χ1n) is 8.83. The van der Waals surface area contributed by atoms with Crippen molar-refractivity contribution in [2.24, 2.45) is 5.92 Å². The maximum atomic E-state index is 11.1. The second-order valence-electron chi connectivity index (χ2n) is 6.87. The number of carboxylic acids is 1. The summed E-state index contributed by atoms with van der Waals surface area (Å²) >= 11 is 0. The molecule has 0 amide bonds. The van der Waals surface area contributed by atoms with Gasteiger partial charge in [-0.3, -0.25) is 4.79 Å². The second-order valence-corrected chi connectivity index (χ2v) is 6.87. The van der Waals surface area contributed by atoms with Crippen molar-refractivity contribution < 1.29 is 14.6 Å². The van der Waals surface area contributed by atoms with E-state index in [1.165, 1.54) is 11.1 Å². The smallest absolute Gasteiger partial charge is 0.306 e. The van der Waals surface area contributed by atoms with E-state index in [2.05, 4.69) is 36.5 Å². The maximum absolute atomic E-state index is 11.1. The Bertz CT molecular complexity index is 551. The molecular formula is C19H27NO3. The van der Waals surface area contributed by atoms with Crippen molar-refractivity contribution in [1.29, 1.82) is 0 Å². The van der Waals surface area contributed by atoms with Crippen LogP contribution in [-0.2, 0) is 21.6 Å². The standard InChI is InChI=1S/C19H27NO3/c1-2-19(17-6-4-3-5-14(17)11-12-23-19)13-20-16-9-7-15(8-10-16)18(21)22/h3-6,15-16,20H,2,7-13H2,1H3,(H,21,22). The van der Waals surface area contributed by atoms with Gasteiger partial charge in [0.2, 0.25) is 0 Å². The molecule has 1 heterocycles. The quantitative estimate of drug-likeness (QED) is 0.876. The molecule has 0 bridgehead atoms. The lowest BCUT2D eigenvalue weighted by molar-refractivity contribution is -0.143. The summed E-state index contributed by atoms with van der Waals surface area (Å²) in [7, 11) is 0. The summed E-state index contributed by atoms with van der Waals surface area (Å²) in [5.41, 5.74) is 2.48. The van der Waals surface area contributed by atoms with Crippen molar-refractivity contribution >= 4 is 5.97 Å². The summed E-state index contributed by atoms with van der Waals surface area (Å²) in [5, 5.41) is 12.8. The fourth-order valence-electron chi connectivity index (χ4n) is 4.03. The number of carboxylic acid groups (broad SMARTS) is 1. The molecule has 4 heteroatoms. The first-order chi connectivity index (χ1) is 11.1. The van der Waals surface area contributed by atoms with Gasteiger partial charge in [-0.1, -0.05) is 31.2 Å². The highest BCUT2D eigenvalue weighted by Crippen LogP contribution is 2.36. The van der Waals surface area contributed by atoms with Gasteiger partial charge in [0.05, 0.1) is 12.5 Å². The number of aliphatic carboxylic acids is 1. The summed E-state index contributed by atoms with van der Waals surface area (Å²) < 4.78 is 6.24. The van der Waals surface area contributed by atoms with Gasteiger partial charge >= 0.3 is 5.97 Å². The van der Waals surface area contributed by atoms with E-state index in [1.54, 1.807) is 0 Å². The summed E-state index contributed by atoms with van der Waals surface area (Å²) in [5.74, 6) is -0.794. The first-order valence-corrected chi connectivity index (χ1v) is 8.83. The summed E-state index contributed by atoms with van der Waals surface area (Å²) in [4.78, 5) is 11.1. The Morgan fingerprint density at radius 3 is 2.74 bits per heavy atom. The molecule has 0 aromatic heterocycles. The van der Waals surface area contributed by atoms with Crippen molar-refractivity contribution in [1.82, 2.24) is 5.32 Å². The minimum atomic E-state index is -0.641. The molecule has 1 fully saturated rings. The zero-order valence-corrected chi connectivity index (χ0v) is 13.9. The van der Waals surface area contributed by atoms with Gasteiger partial charge in [-0.2, -0.15) is 0 Å². The summed E-state index contributed by atoms with van der Waals surface area (Å²) in [6, 6.07) is 9.01. The first kappa shape index (κ1) is 16.5. The normalized spacial score (nSPS) is 30.7. The zero-order valence-electron chi connectivity index (χ0n) is 13.9. The van der Waals surface area contributed by atoms with E-state index in [0.717, 1.165) is 51.7 Å². The van der Waals surface area contributed by atoms with Gasteiger partial charge in [-0.05, 0) is 49.7 Å². The molecule has 1 atom stereocenters. The van der Waals surface area contributed by atoms with E-state index in [-0.39, 0.29) is 11.5 Å². The van der Waals surface area contributed by atoms with Crippen LogP contribution in [0.3, 0.4) is 0 Å². The lowest BCUT2D eigenvalue weighted by Crippen LogP contribution is -2.47. The van der Waals surface area contributed by atoms with E-state index in [0.29, 0.717) is 6.04 Å². The highest BCUT2D eigenvalue weighted by molar-refractivity contribution is 5.70. The van der Waals surface area contributed by atoms with Crippen LogP contribution in [0.25, 0.3) is 0 Å². The van der Waals surface area contributed by atoms with E-state index < -0.39 is 5.97 Å². The average molecular weight is 317 g/mol. The lowest BCUT2D eigenvalue weighted by Gasteiger charge is -2.40.